The Morgan fingerprint density at radius 1 is 0.769 bits per heavy atom. The average Bonchev–Trinajstić information content (AvgIpc) is 3.05. The van der Waals surface area contributed by atoms with Crippen molar-refractivity contribution < 1.29 is 4.79 Å². The minimum absolute atomic E-state index is 0.564. The molecule has 4 saturated carbocycles. The molecule has 0 aromatic rings. The fourth-order valence-corrected chi connectivity index (χ4v) is 8.13. The van der Waals surface area contributed by atoms with Crippen molar-refractivity contribution in [1.29, 1.82) is 0 Å². The third kappa shape index (κ3) is 3.66. The number of rotatable bonds is 5. The molecule has 0 amide bonds. The van der Waals surface area contributed by atoms with Crippen LogP contribution in [0.25, 0.3) is 0 Å². The largest absolute Gasteiger partial charge is 0.300 e. The molecule has 4 aliphatic carbocycles. The summed E-state index contributed by atoms with van der Waals surface area (Å²) in [5.41, 5.74) is 0. The molecule has 26 heavy (non-hydrogen) atoms. The fraction of sp³-hybridized carbons (Fsp3) is 0.960. The van der Waals surface area contributed by atoms with Gasteiger partial charge in [0.2, 0.25) is 0 Å². The van der Waals surface area contributed by atoms with Crippen molar-refractivity contribution in [2.45, 2.75) is 97.8 Å². The molecular weight excluding hydrogens is 316 g/mol. The normalized spacial score (nSPS) is 43.7. The van der Waals surface area contributed by atoms with Crippen LogP contribution in [0.5, 0.6) is 0 Å². The van der Waals surface area contributed by atoms with Gasteiger partial charge >= 0.3 is 0 Å². The quantitative estimate of drug-likeness (QED) is 0.522. The van der Waals surface area contributed by atoms with Gasteiger partial charge in [0.1, 0.15) is 5.78 Å². The molecule has 1 heteroatoms. The maximum atomic E-state index is 11.9. The monoisotopic (exact) mass is 358 g/mol. The van der Waals surface area contributed by atoms with Crippen LogP contribution in [0.4, 0.5) is 0 Å². The van der Waals surface area contributed by atoms with Gasteiger partial charge in [0.05, 0.1) is 0 Å². The molecule has 1 unspecified atom stereocenters. The van der Waals surface area contributed by atoms with Crippen molar-refractivity contribution in [1.82, 2.24) is 0 Å². The molecule has 8 atom stereocenters. The minimum Gasteiger partial charge on any atom is -0.300 e. The summed E-state index contributed by atoms with van der Waals surface area (Å²) in [4.78, 5) is 11.9. The Hall–Kier alpha value is -0.330. The predicted octanol–water partition coefficient (Wildman–Crippen LogP) is 6.90. The van der Waals surface area contributed by atoms with E-state index < -0.39 is 0 Å². The Kier molecular flexibility index (Phi) is 5.82. The molecule has 0 aromatic carbocycles. The first kappa shape index (κ1) is 19.0. The Balaban J connectivity index is 1.37. The van der Waals surface area contributed by atoms with Gasteiger partial charge in [0.25, 0.3) is 0 Å². The van der Waals surface area contributed by atoms with E-state index in [1.807, 2.05) is 0 Å². The highest BCUT2D eigenvalue weighted by Gasteiger charge is 2.52. The highest BCUT2D eigenvalue weighted by molar-refractivity contribution is 5.79. The Morgan fingerprint density at radius 3 is 2.23 bits per heavy atom. The van der Waals surface area contributed by atoms with Gasteiger partial charge in [-0.1, -0.05) is 40.0 Å². The molecule has 0 saturated heterocycles. The molecule has 148 valence electrons. The first-order chi connectivity index (χ1) is 12.5. The van der Waals surface area contributed by atoms with Crippen LogP contribution in [0.15, 0.2) is 0 Å². The number of fused-ring (bicyclic) bond motifs is 5. The van der Waals surface area contributed by atoms with Gasteiger partial charge in [-0.05, 0) is 98.2 Å². The summed E-state index contributed by atoms with van der Waals surface area (Å²) in [5, 5.41) is 0. The zero-order valence-corrected chi connectivity index (χ0v) is 17.6. The molecule has 0 spiro atoms. The summed E-state index contributed by atoms with van der Waals surface area (Å²) >= 11 is 0. The fourth-order valence-electron chi connectivity index (χ4n) is 8.13. The molecular formula is C25H42O. The van der Waals surface area contributed by atoms with Crippen LogP contribution in [0.3, 0.4) is 0 Å². The summed E-state index contributed by atoms with van der Waals surface area (Å²) in [5.74, 6) is 9.19. The van der Waals surface area contributed by atoms with Gasteiger partial charge in [-0.3, -0.25) is 4.79 Å². The van der Waals surface area contributed by atoms with E-state index in [2.05, 4.69) is 20.8 Å². The van der Waals surface area contributed by atoms with Gasteiger partial charge in [-0.25, -0.2) is 0 Å². The molecule has 0 N–H and O–H groups in total. The van der Waals surface area contributed by atoms with Crippen LogP contribution in [0.1, 0.15) is 97.8 Å². The van der Waals surface area contributed by atoms with Crippen LogP contribution < -0.4 is 0 Å². The zero-order chi connectivity index (χ0) is 18.3. The van der Waals surface area contributed by atoms with Crippen LogP contribution in [-0.2, 0) is 4.79 Å². The third-order valence-corrected chi connectivity index (χ3v) is 9.31. The Labute approximate surface area is 162 Å². The second-order valence-corrected chi connectivity index (χ2v) is 11.1. The first-order valence-electron chi connectivity index (χ1n) is 12.1. The SMILES string of the molecule is CC(C)CCC[C@@H](C)[C@H]1CC[C@@H]2[C@@H]1CC[C@H]1[C@H]2CCC2CC(=O)CC[C@@H]21. The summed E-state index contributed by atoms with van der Waals surface area (Å²) in [6.45, 7) is 7.31. The summed E-state index contributed by atoms with van der Waals surface area (Å²) in [6, 6.07) is 0. The van der Waals surface area contributed by atoms with Crippen molar-refractivity contribution in [3.63, 3.8) is 0 Å². The highest BCUT2D eigenvalue weighted by atomic mass is 16.1. The van der Waals surface area contributed by atoms with Crippen LogP contribution in [-0.4, -0.2) is 5.78 Å². The van der Waals surface area contributed by atoms with Crippen LogP contribution in [0.2, 0.25) is 0 Å². The van der Waals surface area contributed by atoms with E-state index in [1.165, 1.54) is 64.2 Å². The lowest BCUT2D eigenvalue weighted by atomic mass is 9.53. The molecule has 0 radical (unpaired) electrons. The average molecular weight is 359 g/mol. The molecule has 4 rings (SSSR count). The number of carbonyl (C=O) groups is 1. The van der Waals surface area contributed by atoms with Crippen molar-refractivity contribution in [3.05, 3.63) is 0 Å². The number of hydrogen-bond acceptors (Lipinski definition) is 1. The van der Waals surface area contributed by atoms with E-state index in [0.29, 0.717) is 5.78 Å². The van der Waals surface area contributed by atoms with E-state index in [9.17, 15) is 4.79 Å². The molecule has 0 aliphatic heterocycles. The van der Waals surface area contributed by atoms with E-state index in [0.717, 1.165) is 66.1 Å². The molecule has 4 aliphatic rings. The van der Waals surface area contributed by atoms with Crippen LogP contribution >= 0.6 is 0 Å². The van der Waals surface area contributed by atoms with E-state index in [-0.39, 0.29) is 0 Å². The number of hydrogen-bond donors (Lipinski definition) is 0. The summed E-state index contributed by atoms with van der Waals surface area (Å²) in [6.07, 6.45) is 16.3. The standard InChI is InChI=1S/C25H42O/c1-16(2)5-4-6-17(3)20-11-12-25-22(20)13-14-23-21-10-8-19(26)15-18(21)7-9-24(23)25/h16-18,20-25H,4-15H2,1-3H3/t17-,18?,20-,21+,22-,23-,24-,25-/m1/s1. The number of carbonyl (C=O) groups excluding carboxylic acids is 1. The molecule has 1 nitrogen and oxygen atoms in total. The maximum Gasteiger partial charge on any atom is 0.133 e. The van der Waals surface area contributed by atoms with Crippen molar-refractivity contribution in [2.24, 2.45) is 53.3 Å². The molecule has 0 aromatic heterocycles. The van der Waals surface area contributed by atoms with Crippen molar-refractivity contribution in [2.75, 3.05) is 0 Å². The first-order valence-corrected chi connectivity index (χ1v) is 12.1. The second kappa shape index (κ2) is 7.96. The molecule has 4 fully saturated rings. The third-order valence-electron chi connectivity index (χ3n) is 9.31. The number of ketones is 1. The van der Waals surface area contributed by atoms with Gasteiger partial charge in [0.15, 0.2) is 0 Å². The van der Waals surface area contributed by atoms with Crippen molar-refractivity contribution in [3.8, 4) is 0 Å². The predicted molar refractivity (Wildman–Crippen MR) is 109 cm³/mol. The lowest BCUT2D eigenvalue weighted by Crippen LogP contribution is -2.45. The maximum absolute atomic E-state index is 11.9. The topological polar surface area (TPSA) is 17.1 Å². The minimum atomic E-state index is 0.564. The van der Waals surface area contributed by atoms with Gasteiger partial charge in [-0.15, -0.1) is 0 Å². The number of Topliss-reactive ketones (excluding diaryl/α,β-unsaturated/α-hetero) is 1. The van der Waals surface area contributed by atoms with Crippen molar-refractivity contribution >= 4 is 5.78 Å². The Morgan fingerprint density at radius 2 is 1.42 bits per heavy atom. The van der Waals surface area contributed by atoms with E-state index in [4.69, 9.17) is 0 Å². The summed E-state index contributed by atoms with van der Waals surface area (Å²) < 4.78 is 0. The van der Waals surface area contributed by atoms with E-state index in [1.54, 1.807) is 0 Å². The van der Waals surface area contributed by atoms with Crippen LogP contribution in [0, 0.1) is 53.3 Å². The second-order valence-electron chi connectivity index (χ2n) is 11.1. The lowest BCUT2D eigenvalue weighted by molar-refractivity contribution is -0.126. The molecule has 0 bridgehead atoms. The summed E-state index contributed by atoms with van der Waals surface area (Å²) in [7, 11) is 0. The van der Waals surface area contributed by atoms with Gasteiger partial charge in [-0.2, -0.15) is 0 Å². The highest BCUT2D eigenvalue weighted by Crippen LogP contribution is 2.60. The van der Waals surface area contributed by atoms with E-state index >= 15 is 0 Å². The lowest BCUT2D eigenvalue weighted by Gasteiger charge is -2.52. The van der Waals surface area contributed by atoms with Gasteiger partial charge < -0.3 is 0 Å². The zero-order valence-electron chi connectivity index (χ0n) is 17.6. The smallest absolute Gasteiger partial charge is 0.133 e. The van der Waals surface area contributed by atoms with Gasteiger partial charge in [0, 0.05) is 12.8 Å². The Bertz CT molecular complexity index is 494. The molecule has 0 heterocycles.